The third-order valence-corrected chi connectivity index (χ3v) is 6.01. The maximum atomic E-state index is 12.4. The molecule has 0 spiro atoms. The smallest absolute Gasteiger partial charge is 0.222 e. The fourth-order valence-corrected chi connectivity index (χ4v) is 4.30. The summed E-state index contributed by atoms with van der Waals surface area (Å²) in [6, 6.07) is 19.2. The fourth-order valence-electron chi connectivity index (χ4n) is 3.95. The number of carbonyl (C=O) groups excluding carboxylic acids is 1. The second kappa shape index (κ2) is 8.93. The summed E-state index contributed by atoms with van der Waals surface area (Å²) >= 11 is 3.53. The molecule has 146 valence electrons. The van der Waals surface area contributed by atoms with E-state index in [1.165, 1.54) is 10.9 Å². The van der Waals surface area contributed by atoms with E-state index in [-0.39, 0.29) is 5.91 Å². The molecule has 1 aromatic heterocycles. The van der Waals surface area contributed by atoms with E-state index in [0.717, 1.165) is 42.5 Å². The van der Waals surface area contributed by atoms with E-state index < -0.39 is 0 Å². The van der Waals surface area contributed by atoms with Gasteiger partial charge in [0.1, 0.15) is 0 Å². The molecule has 28 heavy (non-hydrogen) atoms. The number of fused-ring (bicyclic) bond motifs is 1. The number of benzene rings is 2. The molecular formula is C23H26BrN3O. The lowest BCUT2D eigenvalue weighted by molar-refractivity contribution is -0.122. The van der Waals surface area contributed by atoms with E-state index in [0.29, 0.717) is 19.0 Å². The van der Waals surface area contributed by atoms with Gasteiger partial charge in [-0.25, -0.2) is 0 Å². The van der Waals surface area contributed by atoms with Crippen LogP contribution >= 0.6 is 15.9 Å². The van der Waals surface area contributed by atoms with Crippen molar-refractivity contribution in [2.45, 2.75) is 38.4 Å². The van der Waals surface area contributed by atoms with Crippen LogP contribution in [-0.4, -0.2) is 34.5 Å². The summed E-state index contributed by atoms with van der Waals surface area (Å²) < 4.78 is 3.22. The van der Waals surface area contributed by atoms with Gasteiger partial charge in [-0.2, -0.15) is 0 Å². The molecule has 0 aliphatic carbocycles. The van der Waals surface area contributed by atoms with E-state index in [9.17, 15) is 4.79 Å². The highest BCUT2D eigenvalue weighted by molar-refractivity contribution is 9.10. The molecule has 1 N–H and O–H groups in total. The van der Waals surface area contributed by atoms with Gasteiger partial charge in [-0.1, -0.05) is 52.3 Å². The molecule has 4 rings (SSSR count). The first-order chi connectivity index (χ1) is 13.7. The summed E-state index contributed by atoms with van der Waals surface area (Å²) in [5.41, 5.74) is 2.52. The van der Waals surface area contributed by atoms with Gasteiger partial charge >= 0.3 is 0 Å². The summed E-state index contributed by atoms with van der Waals surface area (Å²) in [6.07, 6.45) is 4.63. The third kappa shape index (κ3) is 4.83. The first-order valence-electron chi connectivity index (χ1n) is 9.97. The second-order valence-corrected chi connectivity index (χ2v) is 8.48. The van der Waals surface area contributed by atoms with Crippen LogP contribution in [-0.2, 0) is 17.9 Å². The van der Waals surface area contributed by atoms with Crippen LogP contribution in [0, 0.1) is 0 Å². The molecule has 1 amide bonds. The van der Waals surface area contributed by atoms with E-state index in [1.807, 2.05) is 6.07 Å². The van der Waals surface area contributed by atoms with Crippen LogP contribution in [0.25, 0.3) is 10.9 Å². The average molecular weight is 440 g/mol. The Morgan fingerprint density at radius 1 is 1.07 bits per heavy atom. The van der Waals surface area contributed by atoms with E-state index in [1.54, 1.807) is 0 Å². The number of halogens is 1. The van der Waals surface area contributed by atoms with Crippen molar-refractivity contribution < 1.29 is 4.79 Å². The SMILES string of the molecule is O=C(CCn1ccc2ccc(Br)cc21)NC1CCN(Cc2ccccc2)CC1. The molecule has 1 saturated heterocycles. The lowest BCUT2D eigenvalue weighted by Gasteiger charge is -2.32. The lowest BCUT2D eigenvalue weighted by atomic mass is 10.0. The summed E-state index contributed by atoms with van der Waals surface area (Å²) in [4.78, 5) is 14.9. The molecule has 1 fully saturated rings. The molecule has 0 saturated carbocycles. The third-order valence-electron chi connectivity index (χ3n) is 5.52. The van der Waals surface area contributed by atoms with Gasteiger partial charge in [-0.15, -0.1) is 0 Å². The van der Waals surface area contributed by atoms with Crippen molar-refractivity contribution in [1.29, 1.82) is 0 Å². The van der Waals surface area contributed by atoms with Crippen LogP contribution in [0.5, 0.6) is 0 Å². The Morgan fingerprint density at radius 2 is 1.86 bits per heavy atom. The Hall–Kier alpha value is -2.11. The van der Waals surface area contributed by atoms with Gasteiger partial charge in [0.2, 0.25) is 5.91 Å². The second-order valence-electron chi connectivity index (χ2n) is 7.57. The zero-order valence-electron chi connectivity index (χ0n) is 16.0. The van der Waals surface area contributed by atoms with Gasteiger partial charge in [0.25, 0.3) is 0 Å². The number of rotatable bonds is 6. The summed E-state index contributed by atoms with van der Waals surface area (Å²) in [6.45, 7) is 3.78. The molecule has 0 unspecified atom stereocenters. The van der Waals surface area contributed by atoms with Crippen LogP contribution in [0.2, 0.25) is 0 Å². The lowest BCUT2D eigenvalue weighted by Crippen LogP contribution is -2.44. The molecule has 0 bridgehead atoms. The zero-order chi connectivity index (χ0) is 19.3. The van der Waals surface area contributed by atoms with Crippen LogP contribution in [0.3, 0.4) is 0 Å². The quantitative estimate of drug-likeness (QED) is 0.610. The highest BCUT2D eigenvalue weighted by atomic mass is 79.9. The van der Waals surface area contributed by atoms with E-state index in [4.69, 9.17) is 0 Å². The number of aryl methyl sites for hydroxylation is 1. The minimum Gasteiger partial charge on any atom is -0.353 e. The molecule has 2 aromatic carbocycles. The molecular weight excluding hydrogens is 414 g/mol. The number of hydrogen-bond acceptors (Lipinski definition) is 2. The molecule has 3 aromatic rings. The summed E-state index contributed by atoms with van der Waals surface area (Å²) in [5, 5.41) is 4.44. The van der Waals surface area contributed by atoms with Crippen molar-refractivity contribution in [3.8, 4) is 0 Å². The molecule has 1 aliphatic rings. The Morgan fingerprint density at radius 3 is 2.64 bits per heavy atom. The Bertz CT molecular complexity index is 929. The van der Waals surface area contributed by atoms with Crippen molar-refractivity contribution >= 4 is 32.7 Å². The largest absolute Gasteiger partial charge is 0.353 e. The zero-order valence-corrected chi connectivity index (χ0v) is 17.6. The van der Waals surface area contributed by atoms with Gasteiger partial charge in [0.05, 0.1) is 0 Å². The number of aromatic nitrogens is 1. The minimum atomic E-state index is 0.151. The van der Waals surface area contributed by atoms with Crippen molar-refractivity contribution in [3.05, 3.63) is 70.8 Å². The maximum Gasteiger partial charge on any atom is 0.222 e. The van der Waals surface area contributed by atoms with Gasteiger partial charge in [0, 0.05) is 54.8 Å². The fraction of sp³-hybridized carbons (Fsp3) is 0.348. The van der Waals surface area contributed by atoms with E-state index >= 15 is 0 Å². The number of nitrogens with zero attached hydrogens (tertiary/aromatic N) is 2. The summed E-state index contributed by atoms with van der Waals surface area (Å²) in [7, 11) is 0. The van der Waals surface area contributed by atoms with Gasteiger partial charge < -0.3 is 9.88 Å². The standard InChI is InChI=1S/C23H26BrN3O/c24-20-7-6-19-8-14-27(22(19)16-20)15-11-23(28)25-21-9-12-26(13-10-21)17-18-4-2-1-3-5-18/h1-8,14,16,21H,9-13,15,17H2,(H,25,28). The minimum absolute atomic E-state index is 0.151. The van der Waals surface area contributed by atoms with Crippen LogP contribution in [0.4, 0.5) is 0 Å². The molecule has 1 aliphatic heterocycles. The van der Waals surface area contributed by atoms with Gasteiger partial charge in [0.15, 0.2) is 0 Å². The van der Waals surface area contributed by atoms with Crippen LogP contribution in [0.1, 0.15) is 24.8 Å². The van der Waals surface area contributed by atoms with Crippen LogP contribution < -0.4 is 5.32 Å². The predicted octanol–water partition coefficient (Wildman–Crippen LogP) is 4.57. The number of amides is 1. The maximum absolute atomic E-state index is 12.4. The highest BCUT2D eigenvalue weighted by Gasteiger charge is 2.20. The Balaban J connectivity index is 1.23. The van der Waals surface area contributed by atoms with Crippen molar-refractivity contribution in [2.75, 3.05) is 13.1 Å². The van der Waals surface area contributed by atoms with E-state index in [2.05, 4.69) is 85.4 Å². The van der Waals surface area contributed by atoms with Crippen LogP contribution in [0.15, 0.2) is 65.3 Å². The van der Waals surface area contributed by atoms with Crippen molar-refractivity contribution in [1.82, 2.24) is 14.8 Å². The number of hydrogen-bond donors (Lipinski definition) is 1. The molecule has 4 nitrogen and oxygen atoms in total. The number of piperidine rings is 1. The molecule has 0 radical (unpaired) electrons. The first kappa shape index (κ1) is 19.2. The predicted molar refractivity (Wildman–Crippen MR) is 117 cm³/mol. The summed E-state index contributed by atoms with van der Waals surface area (Å²) in [5.74, 6) is 0.151. The first-order valence-corrected chi connectivity index (χ1v) is 10.8. The van der Waals surface area contributed by atoms with Gasteiger partial charge in [-0.05, 0) is 42.0 Å². The monoisotopic (exact) mass is 439 g/mol. The Labute approximate surface area is 174 Å². The van der Waals surface area contributed by atoms with Gasteiger partial charge in [-0.3, -0.25) is 9.69 Å². The molecule has 5 heteroatoms. The molecule has 2 heterocycles. The van der Waals surface area contributed by atoms with Crippen molar-refractivity contribution in [2.24, 2.45) is 0 Å². The average Bonchev–Trinajstić information content (AvgIpc) is 3.11. The number of nitrogens with one attached hydrogen (secondary N) is 1. The molecule has 0 atom stereocenters. The number of carbonyl (C=O) groups is 1. The Kier molecular flexibility index (Phi) is 6.13. The highest BCUT2D eigenvalue weighted by Crippen LogP contribution is 2.21. The number of likely N-dealkylation sites (tertiary alicyclic amines) is 1. The van der Waals surface area contributed by atoms with Crippen molar-refractivity contribution in [3.63, 3.8) is 0 Å². The normalized spacial score (nSPS) is 15.8. The topological polar surface area (TPSA) is 37.3 Å².